The van der Waals surface area contributed by atoms with Crippen molar-refractivity contribution in [2.75, 3.05) is 5.33 Å². The van der Waals surface area contributed by atoms with Gasteiger partial charge in [-0.2, -0.15) is 0 Å². The molecule has 0 rings (SSSR count). The predicted octanol–water partition coefficient (Wildman–Crippen LogP) is 1.98. The van der Waals surface area contributed by atoms with Gasteiger partial charge < -0.3 is 10.2 Å². The van der Waals surface area contributed by atoms with E-state index in [1.54, 1.807) is 13.8 Å². The molecule has 0 saturated heterocycles. The van der Waals surface area contributed by atoms with Gasteiger partial charge in [0, 0.05) is 5.33 Å². The summed E-state index contributed by atoms with van der Waals surface area (Å²) in [5, 5.41) is 19.0. The van der Waals surface area contributed by atoms with Crippen molar-refractivity contribution in [3.05, 3.63) is 11.3 Å². The van der Waals surface area contributed by atoms with Crippen LogP contribution in [0.5, 0.6) is 0 Å². The van der Waals surface area contributed by atoms with Gasteiger partial charge in [-0.05, 0) is 25.8 Å². The molecule has 3 heteroatoms. The lowest BCUT2D eigenvalue weighted by Crippen LogP contribution is -2.11. The number of rotatable bonds is 3. The number of hydrogen-bond acceptors (Lipinski definition) is 2. The maximum absolute atomic E-state index is 9.15. The fourth-order valence-corrected chi connectivity index (χ4v) is 1.01. The van der Waals surface area contributed by atoms with Crippen LogP contribution in [0.25, 0.3) is 0 Å². The number of halogens is 1. The Morgan fingerprint density at radius 3 is 2.30 bits per heavy atom. The molecule has 0 saturated carbocycles. The van der Waals surface area contributed by atoms with Crippen LogP contribution in [-0.2, 0) is 0 Å². The van der Waals surface area contributed by atoms with E-state index >= 15 is 0 Å². The van der Waals surface area contributed by atoms with Crippen LogP contribution in [0.1, 0.15) is 20.3 Å². The van der Waals surface area contributed by atoms with Crippen molar-refractivity contribution in [2.24, 2.45) is 0 Å². The zero-order chi connectivity index (χ0) is 8.15. The molecule has 0 aromatic carbocycles. The molecular formula is C7H13BrO2. The van der Waals surface area contributed by atoms with Gasteiger partial charge in [-0.3, -0.25) is 0 Å². The predicted molar refractivity (Wildman–Crippen MR) is 45.4 cm³/mol. The van der Waals surface area contributed by atoms with E-state index in [0.717, 1.165) is 5.57 Å². The molecule has 2 N–H and O–H groups in total. The molecule has 0 aromatic rings. The largest absolute Gasteiger partial charge is 0.510 e. The van der Waals surface area contributed by atoms with Gasteiger partial charge in [-0.1, -0.05) is 15.9 Å². The van der Waals surface area contributed by atoms with E-state index in [9.17, 15) is 0 Å². The van der Waals surface area contributed by atoms with Gasteiger partial charge in [0.2, 0.25) is 0 Å². The highest BCUT2D eigenvalue weighted by molar-refractivity contribution is 9.09. The van der Waals surface area contributed by atoms with Crippen molar-refractivity contribution in [3.8, 4) is 0 Å². The maximum Gasteiger partial charge on any atom is 0.119 e. The first kappa shape index (κ1) is 9.98. The molecule has 0 fully saturated rings. The minimum absolute atomic E-state index is 0.0967. The van der Waals surface area contributed by atoms with Crippen LogP contribution in [-0.4, -0.2) is 21.6 Å². The molecule has 0 amide bonds. The SMILES string of the molecule is CC(C)=C(O)[C@H](O)CCBr. The third-order valence-corrected chi connectivity index (χ3v) is 1.67. The lowest BCUT2D eigenvalue weighted by molar-refractivity contribution is 0.148. The van der Waals surface area contributed by atoms with Crippen molar-refractivity contribution in [1.82, 2.24) is 0 Å². The van der Waals surface area contributed by atoms with Crippen molar-refractivity contribution < 1.29 is 10.2 Å². The van der Waals surface area contributed by atoms with Crippen molar-refractivity contribution in [2.45, 2.75) is 26.4 Å². The first-order chi connectivity index (χ1) is 4.59. The Morgan fingerprint density at radius 1 is 1.50 bits per heavy atom. The Hall–Kier alpha value is -0.0200. The fraction of sp³-hybridized carbons (Fsp3) is 0.714. The van der Waals surface area contributed by atoms with Gasteiger partial charge >= 0.3 is 0 Å². The summed E-state index contributed by atoms with van der Waals surface area (Å²) in [5.74, 6) is 0.0967. The summed E-state index contributed by atoms with van der Waals surface area (Å²) >= 11 is 3.17. The summed E-state index contributed by atoms with van der Waals surface area (Å²) in [5.41, 5.74) is 0.772. The molecule has 0 aliphatic carbocycles. The summed E-state index contributed by atoms with van der Waals surface area (Å²) in [4.78, 5) is 0. The normalized spacial score (nSPS) is 12.8. The lowest BCUT2D eigenvalue weighted by Gasteiger charge is -2.08. The van der Waals surface area contributed by atoms with Crippen LogP contribution in [0.2, 0.25) is 0 Å². The summed E-state index contributed by atoms with van der Waals surface area (Å²) < 4.78 is 0. The lowest BCUT2D eigenvalue weighted by atomic mass is 10.1. The van der Waals surface area contributed by atoms with Gasteiger partial charge in [0.25, 0.3) is 0 Å². The molecule has 0 unspecified atom stereocenters. The third-order valence-electron chi connectivity index (χ3n) is 1.21. The number of aliphatic hydroxyl groups excluding tert-OH is 2. The molecule has 0 heterocycles. The second-order valence-corrected chi connectivity index (χ2v) is 3.17. The smallest absolute Gasteiger partial charge is 0.119 e. The summed E-state index contributed by atoms with van der Waals surface area (Å²) in [6, 6.07) is 0. The molecule has 0 radical (unpaired) electrons. The number of alkyl halides is 1. The molecule has 0 aliphatic heterocycles. The molecule has 0 aromatic heterocycles. The molecule has 60 valence electrons. The van der Waals surface area contributed by atoms with Crippen LogP contribution in [0.4, 0.5) is 0 Å². The van der Waals surface area contributed by atoms with E-state index in [0.29, 0.717) is 11.8 Å². The highest BCUT2D eigenvalue weighted by Gasteiger charge is 2.08. The van der Waals surface area contributed by atoms with Crippen LogP contribution in [0.3, 0.4) is 0 Å². The monoisotopic (exact) mass is 208 g/mol. The van der Waals surface area contributed by atoms with E-state index in [1.807, 2.05) is 0 Å². The van der Waals surface area contributed by atoms with E-state index in [-0.39, 0.29) is 5.76 Å². The Labute approximate surface area is 69.7 Å². The number of aliphatic hydroxyl groups is 2. The van der Waals surface area contributed by atoms with Crippen LogP contribution < -0.4 is 0 Å². The van der Waals surface area contributed by atoms with Gasteiger partial charge in [0.1, 0.15) is 11.9 Å². The first-order valence-corrected chi connectivity index (χ1v) is 4.32. The molecule has 10 heavy (non-hydrogen) atoms. The third kappa shape index (κ3) is 3.22. The Kier molecular flexibility index (Phi) is 4.73. The van der Waals surface area contributed by atoms with E-state index in [1.165, 1.54) is 0 Å². The second-order valence-electron chi connectivity index (χ2n) is 2.38. The summed E-state index contributed by atoms with van der Waals surface area (Å²) in [7, 11) is 0. The molecular weight excluding hydrogens is 196 g/mol. The van der Waals surface area contributed by atoms with Crippen molar-refractivity contribution >= 4 is 15.9 Å². The number of allylic oxidation sites excluding steroid dienone is 1. The van der Waals surface area contributed by atoms with E-state index < -0.39 is 6.10 Å². The van der Waals surface area contributed by atoms with Gasteiger partial charge in [0.05, 0.1) is 0 Å². The minimum Gasteiger partial charge on any atom is -0.510 e. The summed E-state index contributed by atoms with van der Waals surface area (Å²) in [6.45, 7) is 3.54. The molecule has 2 nitrogen and oxygen atoms in total. The fourth-order valence-electron chi connectivity index (χ4n) is 0.573. The van der Waals surface area contributed by atoms with Gasteiger partial charge in [0.15, 0.2) is 0 Å². The standard InChI is InChI=1S/C7H13BrO2/c1-5(2)7(10)6(9)3-4-8/h6,9-10H,3-4H2,1-2H3/t6-/m1/s1. The Balaban J connectivity index is 3.94. The minimum atomic E-state index is -0.704. The van der Waals surface area contributed by atoms with E-state index in [4.69, 9.17) is 10.2 Å². The summed E-state index contributed by atoms with van der Waals surface area (Å²) in [6.07, 6.45) is -0.152. The molecule has 0 bridgehead atoms. The molecule has 1 atom stereocenters. The van der Waals surface area contributed by atoms with Crippen LogP contribution >= 0.6 is 15.9 Å². The molecule has 0 spiro atoms. The van der Waals surface area contributed by atoms with Crippen LogP contribution in [0, 0.1) is 0 Å². The zero-order valence-electron chi connectivity index (χ0n) is 6.26. The van der Waals surface area contributed by atoms with E-state index in [2.05, 4.69) is 15.9 Å². The average molecular weight is 209 g/mol. The average Bonchev–Trinajstić information content (AvgIpc) is 1.87. The highest BCUT2D eigenvalue weighted by atomic mass is 79.9. The van der Waals surface area contributed by atoms with Gasteiger partial charge in [-0.25, -0.2) is 0 Å². The first-order valence-electron chi connectivity index (χ1n) is 3.20. The van der Waals surface area contributed by atoms with Gasteiger partial charge in [-0.15, -0.1) is 0 Å². The highest BCUT2D eigenvalue weighted by Crippen LogP contribution is 2.08. The Bertz CT molecular complexity index is 128. The Morgan fingerprint density at radius 2 is 2.00 bits per heavy atom. The number of hydrogen-bond donors (Lipinski definition) is 2. The topological polar surface area (TPSA) is 40.5 Å². The zero-order valence-corrected chi connectivity index (χ0v) is 7.85. The quantitative estimate of drug-likeness (QED) is 0.551. The van der Waals surface area contributed by atoms with Crippen LogP contribution in [0.15, 0.2) is 11.3 Å². The maximum atomic E-state index is 9.15. The molecule has 0 aliphatic rings. The van der Waals surface area contributed by atoms with Crippen molar-refractivity contribution in [1.29, 1.82) is 0 Å². The second kappa shape index (κ2) is 4.74. The van der Waals surface area contributed by atoms with Crippen molar-refractivity contribution in [3.63, 3.8) is 0 Å².